The topological polar surface area (TPSA) is 127 Å². The second-order valence-corrected chi connectivity index (χ2v) is 8.94. The zero-order valence-electron chi connectivity index (χ0n) is 15.0. The van der Waals surface area contributed by atoms with Crippen LogP contribution in [-0.4, -0.2) is 42.3 Å². The Labute approximate surface area is 174 Å². The molecule has 0 bridgehead atoms. The van der Waals surface area contributed by atoms with Crippen LogP contribution < -0.4 is 10.1 Å². The van der Waals surface area contributed by atoms with Crippen molar-refractivity contribution in [3.63, 3.8) is 0 Å². The Morgan fingerprint density at radius 2 is 1.77 bits per heavy atom. The summed E-state index contributed by atoms with van der Waals surface area (Å²) in [6.45, 7) is -0.661. The van der Waals surface area contributed by atoms with Crippen LogP contribution in [0.15, 0.2) is 58.3 Å². The van der Waals surface area contributed by atoms with Crippen molar-refractivity contribution in [1.29, 1.82) is 0 Å². The molecular formula is C19H12N2O7S2. The molecule has 0 atom stereocenters. The lowest BCUT2D eigenvalue weighted by Gasteiger charge is -2.13. The molecule has 1 fully saturated rings. The lowest BCUT2D eigenvalue weighted by atomic mass is 10.2. The molecule has 152 valence electrons. The van der Waals surface area contributed by atoms with E-state index in [9.17, 15) is 27.6 Å². The van der Waals surface area contributed by atoms with Crippen LogP contribution in [0.1, 0.15) is 15.9 Å². The molecule has 0 saturated carbocycles. The SMILES string of the molecule is O=C1NC(=O)/C(=C/c2ccc(OCC(=O)N3C(=O)c4ccccc4S3(=O)=O)cc2)S1. The summed E-state index contributed by atoms with van der Waals surface area (Å²) in [5.41, 5.74) is 0.560. The summed E-state index contributed by atoms with van der Waals surface area (Å²) >= 11 is 0.787. The van der Waals surface area contributed by atoms with E-state index >= 15 is 0 Å². The Kier molecular flexibility index (Phi) is 4.92. The highest BCUT2D eigenvalue weighted by Gasteiger charge is 2.45. The van der Waals surface area contributed by atoms with Gasteiger partial charge < -0.3 is 4.74 Å². The monoisotopic (exact) mass is 444 g/mol. The van der Waals surface area contributed by atoms with Crippen molar-refractivity contribution in [3.8, 4) is 5.75 Å². The minimum Gasteiger partial charge on any atom is -0.484 e. The molecule has 0 aliphatic carbocycles. The number of ether oxygens (including phenoxy) is 1. The quantitative estimate of drug-likeness (QED) is 0.707. The third-order valence-electron chi connectivity index (χ3n) is 4.23. The van der Waals surface area contributed by atoms with Crippen molar-refractivity contribution in [2.75, 3.05) is 6.61 Å². The number of sulfonamides is 1. The number of nitrogens with one attached hydrogen (secondary N) is 1. The number of thioether (sulfide) groups is 1. The van der Waals surface area contributed by atoms with Gasteiger partial charge in [-0.2, -0.15) is 4.31 Å². The van der Waals surface area contributed by atoms with Gasteiger partial charge in [0.2, 0.25) is 0 Å². The summed E-state index contributed by atoms with van der Waals surface area (Å²) in [4.78, 5) is 47.5. The molecule has 0 radical (unpaired) electrons. The van der Waals surface area contributed by atoms with Gasteiger partial charge in [-0.3, -0.25) is 24.5 Å². The van der Waals surface area contributed by atoms with E-state index in [1.54, 1.807) is 12.1 Å². The van der Waals surface area contributed by atoms with E-state index in [4.69, 9.17) is 4.74 Å². The zero-order chi connectivity index (χ0) is 21.5. The third kappa shape index (κ3) is 3.48. The van der Waals surface area contributed by atoms with Crippen LogP contribution in [0, 0.1) is 0 Å². The first-order chi connectivity index (χ1) is 14.3. The van der Waals surface area contributed by atoms with Crippen LogP contribution >= 0.6 is 11.8 Å². The summed E-state index contributed by atoms with van der Waals surface area (Å²) in [7, 11) is -4.25. The van der Waals surface area contributed by atoms with E-state index in [1.165, 1.54) is 42.5 Å². The van der Waals surface area contributed by atoms with E-state index < -0.39 is 39.6 Å². The van der Waals surface area contributed by atoms with E-state index in [0.717, 1.165) is 11.8 Å². The lowest BCUT2D eigenvalue weighted by molar-refractivity contribution is -0.126. The first-order valence-electron chi connectivity index (χ1n) is 8.46. The predicted molar refractivity (Wildman–Crippen MR) is 106 cm³/mol. The second kappa shape index (κ2) is 7.43. The summed E-state index contributed by atoms with van der Waals surface area (Å²) in [5.74, 6) is -2.15. The number of hydrogen-bond acceptors (Lipinski definition) is 8. The molecular weight excluding hydrogens is 432 g/mol. The summed E-state index contributed by atoms with van der Waals surface area (Å²) in [5, 5.41) is 1.70. The standard InChI is InChI=1S/C19H12N2O7S2/c22-16(21-18(24)13-3-1-2-4-15(13)30(21,26)27)10-28-12-7-5-11(6-8-12)9-14-17(23)20-19(25)29-14/h1-9H,10H2,(H,20,23,25)/b14-9-. The predicted octanol–water partition coefficient (Wildman–Crippen LogP) is 1.76. The van der Waals surface area contributed by atoms with Gasteiger partial charge in [0, 0.05) is 0 Å². The highest BCUT2D eigenvalue weighted by Crippen LogP contribution is 2.30. The van der Waals surface area contributed by atoms with Gasteiger partial charge in [0.05, 0.1) is 10.5 Å². The van der Waals surface area contributed by atoms with Gasteiger partial charge in [0.25, 0.3) is 33.0 Å². The molecule has 4 rings (SSSR count). The number of benzene rings is 2. The van der Waals surface area contributed by atoms with Crippen LogP contribution in [0.4, 0.5) is 4.79 Å². The Hall–Kier alpha value is -3.44. The van der Waals surface area contributed by atoms with Crippen LogP contribution in [0.2, 0.25) is 0 Å². The molecule has 1 saturated heterocycles. The Morgan fingerprint density at radius 1 is 1.07 bits per heavy atom. The number of carbonyl (C=O) groups is 4. The molecule has 4 amide bonds. The molecule has 0 unspecified atom stereocenters. The van der Waals surface area contributed by atoms with Gasteiger partial charge in [-0.15, -0.1) is 0 Å². The number of imide groups is 2. The van der Waals surface area contributed by atoms with Gasteiger partial charge in [-0.1, -0.05) is 24.3 Å². The third-order valence-corrected chi connectivity index (χ3v) is 6.80. The fourth-order valence-electron chi connectivity index (χ4n) is 2.87. The molecule has 0 aromatic heterocycles. The maximum Gasteiger partial charge on any atom is 0.290 e. The lowest BCUT2D eigenvalue weighted by Crippen LogP contribution is -2.39. The molecule has 11 heteroatoms. The van der Waals surface area contributed by atoms with Crippen LogP contribution in [0.3, 0.4) is 0 Å². The summed E-state index contributed by atoms with van der Waals surface area (Å²) in [6, 6.07) is 11.8. The van der Waals surface area contributed by atoms with Crippen molar-refractivity contribution in [1.82, 2.24) is 9.62 Å². The van der Waals surface area contributed by atoms with E-state index in [-0.39, 0.29) is 25.4 Å². The molecule has 2 aliphatic heterocycles. The number of amides is 4. The van der Waals surface area contributed by atoms with Crippen LogP contribution in [0.5, 0.6) is 5.75 Å². The van der Waals surface area contributed by atoms with E-state index in [1.807, 2.05) is 0 Å². The maximum absolute atomic E-state index is 12.5. The summed E-state index contributed by atoms with van der Waals surface area (Å²) in [6.07, 6.45) is 1.52. The zero-order valence-corrected chi connectivity index (χ0v) is 16.7. The fraction of sp³-hybridized carbons (Fsp3) is 0.0526. The number of hydrogen-bond donors (Lipinski definition) is 1. The highest BCUT2D eigenvalue weighted by molar-refractivity contribution is 8.18. The Bertz CT molecular complexity index is 1230. The average Bonchev–Trinajstić information content (AvgIpc) is 3.13. The van der Waals surface area contributed by atoms with Gasteiger partial charge in [-0.05, 0) is 47.7 Å². The minimum absolute atomic E-state index is 0.0597. The molecule has 0 spiro atoms. The summed E-state index contributed by atoms with van der Waals surface area (Å²) < 4.78 is 30.5. The van der Waals surface area contributed by atoms with Gasteiger partial charge in [0.1, 0.15) is 10.6 Å². The van der Waals surface area contributed by atoms with E-state index in [2.05, 4.69) is 5.32 Å². The minimum atomic E-state index is -4.25. The number of nitrogens with zero attached hydrogens (tertiary/aromatic N) is 1. The molecule has 2 aromatic rings. The van der Waals surface area contributed by atoms with E-state index in [0.29, 0.717) is 5.56 Å². The molecule has 1 N–H and O–H groups in total. The van der Waals surface area contributed by atoms with Crippen molar-refractivity contribution in [3.05, 3.63) is 64.6 Å². The molecule has 2 aromatic carbocycles. The van der Waals surface area contributed by atoms with Crippen molar-refractivity contribution in [2.24, 2.45) is 0 Å². The molecule has 2 aliphatic rings. The molecule has 30 heavy (non-hydrogen) atoms. The maximum atomic E-state index is 12.5. The first-order valence-corrected chi connectivity index (χ1v) is 10.7. The number of carbonyl (C=O) groups excluding carboxylic acids is 4. The van der Waals surface area contributed by atoms with Crippen molar-refractivity contribution >= 4 is 50.8 Å². The van der Waals surface area contributed by atoms with Crippen molar-refractivity contribution in [2.45, 2.75) is 4.90 Å². The van der Waals surface area contributed by atoms with Crippen LogP contribution in [0.25, 0.3) is 6.08 Å². The average molecular weight is 444 g/mol. The smallest absolute Gasteiger partial charge is 0.290 e. The van der Waals surface area contributed by atoms with Crippen molar-refractivity contribution < 1.29 is 32.3 Å². The Balaban J connectivity index is 1.44. The number of rotatable bonds is 4. The largest absolute Gasteiger partial charge is 0.484 e. The van der Waals surface area contributed by atoms with Crippen LogP contribution in [-0.2, 0) is 19.6 Å². The normalized spacial score (nSPS) is 18.5. The fourth-order valence-corrected chi connectivity index (χ4v) is 5.07. The first kappa shape index (κ1) is 19.9. The molecule has 2 heterocycles. The van der Waals surface area contributed by atoms with Gasteiger partial charge >= 0.3 is 0 Å². The second-order valence-electron chi connectivity index (χ2n) is 6.17. The highest BCUT2D eigenvalue weighted by atomic mass is 32.2. The van der Waals surface area contributed by atoms with Gasteiger partial charge in [0.15, 0.2) is 6.61 Å². The van der Waals surface area contributed by atoms with Gasteiger partial charge in [-0.25, -0.2) is 8.42 Å². The Morgan fingerprint density at radius 3 is 2.40 bits per heavy atom. The number of fused-ring (bicyclic) bond motifs is 1. The molecule has 9 nitrogen and oxygen atoms in total.